The summed E-state index contributed by atoms with van der Waals surface area (Å²) in [5, 5.41) is 8.41. The van der Waals surface area contributed by atoms with Gasteiger partial charge in [0.1, 0.15) is 5.52 Å². The Hall–Kier alpha value is -1.58. The molecule has 2 fully saturated rings. The van der Waals surface area contributed by atoms with Gasteiger partial charge in [-0.25, -0.2) is 9.50 Å². The number of nitrogens with zero attached hydrogens (tertiary/aromatic N) is 3. The molecule has 0 aromatic carbocycles. The summed E-state index contributed by atoms with van der Waals surface area (Å²) < 4.78 is 1.96. The van der Waals surface area contributed by atoms with Gasteiger partial charge < -0.3 is 5.32 Å². The molecule has 0 saturated heterocycles. The van der Waals surface area contributed by atoms with Crippen LogP contribution in [0.2, 0.25) is 0 Å². The molecule has 4 heteroatoms. The van der Waals surface area contributed by atoms with Gasteiger partial charge in [-0.3, -0.25) is 0 Å². The number of hydrogen-bond acceptors (Lipinski definition) is 3. The lowest BCUT2D eigenvalue weighted by molar-refractivity contribution is 0.439. The fraction of sp³-hybridized carbons (Fsp3) is 0.647. The van der Waals surface area contributed by atoms with Crippen molar-refractivity contribution in [2.24, 2.45) is 11.8 Å². The second-order valence-electron chi connectivity index (χ2n) is 7.81. The van der Waals surface area contributed by atoms with Gasteiger partial charge in [0, 0.05) is 23.9 Å². The average molecular weight is 284 g/mol. The van der Waals surface area contributed by atoms with Crippen molar-refractivity contribution >= 4 is 11.3 Å². The van der Waals surface area contributed by atoms with Gasteiger partial charge >= 0.3 is 0 Å². The van der Waals surface area contributed by atoms with Crippen LogP contribution in [0.15, 0.2) is 18.5 Å². The second kappa shape index (κ2) is 4.46. The third-order valence-electron chi connectivity index (χ3n) is 5.22. The van der Waals surface area contributed by atoms with Crippen molar-refractivity contribution in [3.8, 4) is 0 Å². The highest BCUT2D eigenvalue weighted by atomic mass is 15.2. The SMILES string of the molecule is CC(C)(C)c1cc2c(NC3CC4CCC3C4)nccn2n1. The van der Waals surface area contributed by atoms with Gasteiger partial charge in [0.15, 0.2) is 5.82 Å². The van der Waals surface area contributed by atoms with E-state index in [4.69, 9.17) is 5.10 Å². The summed E-state index contributed by atoms with van der Waals surface area (Å²) in [4.78, 5) is 4.58. The highest BCUT2D eigenvalue weighted by molar-refractivity contribution is 5.68. The molecule has 4 rings (SSSR count). The molecule has 1 N–H and O–H groups in total. The zero-order chi connectivity index (χ0) is 14.6. The van der Waals surface area contributed by atoms with E-state index in [2.05, 4.69) is 37.1 Å². The third kappa shape index (κ3) is 2.21. The highest BCUT2D eigenvalue weighted by Gasteiger charge is 2.39. The Kier molecular flexibility index (Phi) is 2.78. The van der Waals surface area contributed by atoms with Gasteiger partial charge in [-0.15, -0.1) is 0 Å². The molecule has 2 aliphatic rings. The summed E-state index contributed by atoms with van der Waals surface area (Å²) in [6, 6.07) is 2.79. The standard InChI is InChI=1S/C17H24N4/c1-17(2,3)15-10-14-16(18-6-7-21(14)20-15)19-13-9-11-4-5-12(13)8-11/h6-7,10-13H,4-5,8-9H2,1-3H3,(H,18,19). The maximum absolute atomic E-state index is 4.70. The molecule has 2 heterocycles. The summed E-state index contributed by atoms with van der Waals surface area (Å²) in [6.07, 6.45) is 9.33. The smallest absolute Gasteiger partial charge is 0.152 e. The van der Waals surface area contributed by atoms with Crippen LogP contribution >= 0.6 is 0 Å². The van der Waals surface area contributed by atoms with E-state index in [9.17, 15) is 0 Å². The Morgan fingerprint density at radius 1 is 1.24 bits per heavy atom. The third-order valence-corrected chi connectivity index (χ3v) is 5.22. The molecule has 2 saturated carbocycles. The molecule has 112 valence electrons. The van der Waals surface area contributed by atoms with Crippen molar-refractivity contribution in [1.29, 1.82) is 0 Å². The van der Waals surface area contributed by atoms with Gasteiger partial charge in [0.25, 0.3) is 0 Å². The van der Waals surface area contributed by atoms with Crippen molar-refractivity contribution in [2.75, 3.05) is 5.32 Å². The van der Waals surface area contributed by atoms with Crippen LogP contribution in [0.1, 0.15) is 52.1 Å². The molecule has 0 amide bonds. The average Bonchev–Trinajstić information content (AvgIpc) is 3.12. The largest absolute Gasteiger partial charge is 0.365 e. The van der Waals surface area contributed by atoms with E-state index in [1.165, 1.54) is 25.7 Å². The molecule has 2 aliphatic carbocycles. The Balaban J connectivity index is 1.67. The molecule has 2 aromatic rings. The van der Waals surface area contributed by atoms with Gasteiger partial charge in [0.05, 0.1) is 5.69 Å². The number of nitrogens with one attached hydrogen (secondary N) is 1. The first kappa shape index (κ1) is 13.1. The van der Waals surface area contributed by atoms with E-state index >= 15 is 0 Å². The number of rotatable bonds is 2. The number of hydrogen-bond donors (Lipinski definition) is 1. The van der Waals surface area contributed by atoms with Gasteiger partial charge in [-0.1, -0.05) is 27.2 Å². The van der Waals surface area contributed by atoms with Crippen molar-refractivity contribution in [3.05, 3.63) is 24.2 Å². The first-order chi connectivity index (χ1) is 10.0. The number of aromatic nitrogens is 3. The fourth-order valence-electron chi connectivity index (χ4n) is 4.00. The zero-order valence-electron chi connectivity index (χ0n) is 13.1. The normalized spacial score (nSPS) is 28.4. The Morgan fingerprint density at radius 2 is 2.10 bits per heavy atom. The number of anilines is 1. The fourth-order valence-corrected chi connectivity index (χ4v) is 4.00. The van der Waals surface area contributed by atoms with Crippen LogP contribution in [-0.4, -0.2) is 20.6 Å². The maximum Gasteiger partial charge on any atom is 0.152 e. The minimum Gasteiger partial charge on any atom is -0.365 e. The summed E-state index contributed by atoms with van der Waals surface area (Å²) in [6.45, 7) is 6.60. The summed E-state index contributed by atoms with van der Waals surface area (Å²) >= 11 is 0. The lowest BCUT2D eigenvalue weighted by atomic mass is 9.92. The highest BCUT2D eigenvalue weighted by Crippen LogP contribution is 2.45. The molecule has 3 unspecified atom stereocenters. The Morgan fingerprint density at radius 3 is 2.76 bits per heavy atom. The van der Waals surface area contributed by atoms with Crippen LogP contribution in [-0.2, 0) is 5.41 Å². The first-order valence-electron chi connectivity index (χ1n) is 8.12. The maximum atomic E-state index is 4.70. The van der Waals surface area contributed by atoms with Crippen LogP contribution in [0.5, 0.6) is 0 Å². The summed E-state index contributed by atoms with van der Waals surface area (Å²) in [5.74, 6) is 2.79. The topological polar surface area (TPSA) is 42.2 Å². The molecule has 3 atom stereocenters. The molecule has 2 aromatic heterocycles. The van der Waals surface area contributed by atoms with E-state index < -0.39 is 0 Å². The Bertz CT molecular complexity index is 667. The minimum absolute atomic E-state index is 0.0652. The van der Waals surface area contributed by atoms with Crippen molar-refractivity contribution in [1.82, 2.24) is 14.6 Å². The van der Waals surface area contributed by atoms with Crippen molar-refractivity contribution in [2.45, 2.75) is 57.9 Å². The molecule has 0 aliphatic heterocycles. The molecule has 0 spiro atoms. The second-order valence-corrected chi connectivity index (χ2v) is 7.81. The van der Waals surface area contributed by atoms with E-state index in [1.54, 1.807) is 0 Å². The Labute approximate surface area is 126 Å². The predicted octanol–water partition coefficient (Wildman–Crippen LogP) is 3.63. The van der Waals surface area contributed by atoms with Crippen LogP contribution in [0, 0.1) is 11.8 Å². The predicted molar refractivity (Wildman–Crippen MR) is 84.5 cm³/mol. The van der Waals surface area contributed by atoms with E-state index in [-0.39, 0.29) is 5.41 Å². The van der Waals surface area contributed by atoms with E-state index in [0.29, 0.717) is 6.04 Å². The zero-order valence-corrected chi connectivity index (χ0v) is 13.1. The van der Waals surface area contributed by atoms with Crippen molar-refractivity contribution < 1.29 is 0 Å². The number of fused-ring (bicyclic) bond motifs is 3. The molecule has 0 radical (unpaired) electrons. The van der Waals surface area contributed by atoms with Gasteiger partial charge in [-0.05, 0) is 37.2 Å². The van der Waals surface area contributed by atoms with Crippen LogP contribution in [0.3, 0.4) is 0 Å². The van der Waals surface area contributed by atoms with Crippen LogP contribution < -0.4 is 5.32 Å². The quantitative estimate of drug-likeness (QED) is 0.915. The van der Waals surface area contributed by atoms with Crippen molar-refractivity contribution in [3.63, 3.8) is 0 Å². The monoisotopic (exact) mass is 284 g/mol. The lowest BCUT2D eigenvalue weighted by Gasteiger charge is -2.23. The van der Waals surface area contributed by atoms with E-state index in [1.807, 2.05) is 16.9 Å². The van der Waals surface area contributed by atoms with E-state index in [0.717, 1.165) is 28.9 Å². The summed E-state index contributed by atoms with van der Waals surface area (Å²) in [5.41, 5.74) is 2.28. The van der Waals surface area contributed by atoms with Gasteiger partial charge in [-0.2, -0.15) is 5.10 Å². The molecular weight excluding hydrogens is 260 g/mol. The first-order valence-corrected chi connectivity index (χ1v) is 8.12. The minimum atomic E-state index is 0.0652. The molecule has 21 heavy (non-hydrogen) atoms. The molecule has 4 nitrogen and oxygen atoms in total. The molecule has 2 bridgehead atoms. The van der Waals surface area contributed by atoms with Crippen LogP contribution in [0.4, 0.5) is 5.82 Å². The summed E-state index contributed by atoms with van der Waals surface area (Å²) in [7, 11) is 0. The lowest BCUT2D eigenvalue weighted by Crippen LogP contribution is -2.26. The van der Waals surface area contributed by atoms with Gasteiger partial charge in [0.2, 0.25) is 0 Å². The van der Waals surface area contributed by atoms with Crippen LogP contribution in [0.25, 0.3) is 5.52 Å². The molecular formula is C17H24N4.